The second-order valence-corrected chi connectivity index (χ2v) is 4.80. The average Bonchev–Trinajstić information content (AvgIpc) is 2.37. The molecule has 1 aromatic rings. The van der Waals surface area contributed by atoms with Gasteiger partial charge in [-0.15, -0.1) is 11.8 Å². The summed E-state index contributed by atoms with van der Waals surface area (Å²) in [5.41, 5.74) is 1.48. The van der Waals surface area contributed by atoms with Crippen molar-refractivity contribution in [3.63, 3.8) is 0 Å². The fraction of sp³-hybridized carbons (Fsp3) is 0.462. The van der Waals surface area contributed by atoms with Crippen LogP contribution in [0.1, 0.15) is 5.56 Å². The number of hydrogen-bond donors (Lipinski definition) is 1. The van der Waals surface area contributed by atoms with E-state index in [1.165, 1.54) is 0 Å². The molecule has 1 unspecified atom stereocenters. The Balaban J connectivity index is 2.92. The van der Waals surface area contributed by atoms with Crippen molar-refractivity contribution in [1.29, 1.82) is 5.26 Å². The van der Waals surface area contributed by atoms with Crippen LogP contribution in [0.15, 0.2) is 23.1 Å². The van der Waals surface area contributed by atoms with Gasteiger partial charge < -0.3 is 14.7 Å². The van der Waals surface area contributed by atoms with E-state index in [0.717, 1.165) is 10.6 Å². The number of hydrogen-bond acceptors (Lipinski definition) is 5. The number of aliphatic hydroxyl groups excluding tert-OH is 1. The molecule has 0 saturated carbocycles. The van der Waals surface area contributed by atoms with E-state index in [1.807, 2.05) is 36.4 Å². The predicted octanol–water partition coefficient (Wildman–Crippen LogP) is 1.72. The molecule has 1 rings (SSSR count). The topological polar surface area (TPSA) is 56.5 Å². The summed E-state index contributed by atoms with van der Waals surface area (Å²) in [6.07, 6.45) is 1.38. The van der Waals surface area contributed by atoms with Crippen LogP contribution < -0.4 is 4.90 Å². The Hall–Kier alpha value is -1.22. The van der Waals surface area contributed by atoms with Gasteiger partial charge in [-0.05, 0) is 18.4 Å². The summed E-state index contributed by atoms with van der Waals surface area (Å²) in [4.78, 5) is 2.82. The fourth-order valence-electron chi connectivity index (χ4n) is 1.78. The number of aliphatic hydroxyl groups is 1. The van der Waals surface area contributed by atoms with Crippen LogP contribution in [0.4, 0.5) is 5.69 Å². The normalized spacial score (nSPS) is 11.9. The summed E-state index contributed by atoms with van der Waals surface area (Å²) in [5, 5.41) is 19.0. The molecule has 0 aliphatic heterocycles. The van der Waals surface area contributed by atoms with Crippen LogP contribution in [-0.4, -0.2) is 44.8 Å². The SMILES string of the molecule is COCC(O)CN(C)c1cccc(SC)c1C#N. The molecular weight excluding hydrogens is 248 g/mol. The zero-order valence-electron chi connectivity index (χ0n) is 10.9. The van der Waals surface area contributed by atoms with Crippen molar-refractivity contribution in [2.45, 2.75) is 11.0 Å². The van der Waals surface area contributed by atoms with Crippen molar-refractivity contribution in [2.24, 2.45) is 0 Å². The molecule has 0 aliphatic rings. The quantitative estimate of drug-likeness (QED) is 0.795. The summed E-state index contributed by atoms with van der Waals surface area (Å²) < 4.78 is 4.90. The molecule has 18 heavy (non-hydrogen) atoms. The van der Waals surface area contributed by atoms with Gasteiger partial charge in [-0.2, -0.15) is 5.26 Å². The summed E-state index contributed by atoms with van der Waals surface area (Å²) in [6.45, 7) is 0.717. The van der Waals surface area contributed by atoms with Crippen LogP contribution in [0.5, 0.6) is 0 Å². The zero-order valence-corrected chi connectivity index (χ0v) is 11.7. The summed E-state index contributed by atoms with van der Waals surface area (Å²) in [6, 6.07) is 7.95. The van der Waals surface area contributed by atoms with E-state index in [4.69, 9.17) is 4.74 Å². The van der Waals surface area contributed by atoms with Gasteiger partial charge >= 0.3 is 0 Å². The molecule has 1 atom stereocenters. The highest BCUT2D eigenvalue weighted by Gasteiger charge is 2.14. The van der Waals surface area contributed by atoms with E-state index in [2.05, 4.69) is 6.07 Å². The molecule has 4 nitrogen and oxygen atoms in total. The van der Waals surface area contributed by atoms with Gasteiger partial charge in [-0.1, -0.05) is 6.07 Å². The lowest BCUT2D eigenvalue weighted by molar-refractivity contribution is 0.0695. The molecule has 0 fully saturated rings. The highest BCUT2D eigenvalue weighted by Crippen LogP contribution is 2.28. The maximum atomic E-state index is 9.72. The largest absolute Gasteiger partial charge is 0.389 e. The first-order chi connectivity index (χ1) is 8.63. The van der Waals surface area contributed by atoms with Crippen molar-refractivity contribution in [2.75, 3.05) is 38.5 Å². The number of rotatable bonds is 6. The van der Waals surface area contributed by atoms with Crippen LogP contribution >= 0.6 is 11.8 Å². The number of nitriles is 1. The Labute approximate surface area is 112 Å². The summed E-state index contributed by atoms with van der Waals surface area (Å²) >= 11 is 1.54. The Morgan fingerprint density at radius 3 is 2.83 bits per heavy atom. The van der Waals surface area contributed by atoms with Crippen molar-refractivity contribution in [3.05, 3.63) is 23.8 Å². The third-order valence-electron chi connectivity index (χ3n) is 2.59. The van der Waals surface area contributed by atoms with Gasteiger partial charge in [0.1, 0.15) is 6.07 Å². The maximum Gasteiger partial charge on any atom is 0.102 e. The molecule has 1 N–H and O–H groups in total. The minimum absolute atomic E-state index is 0.286. The van der Waals surface area contributed by atoms with E-state index < -0.39 is 6.10 Å². The van der Waals surface area contributed by atoms with Gasteiger partial charge in [0, 0.05) is 25.6 Å². The molecule has 0 aliphatic carbocycles. The molecule has 0 bridgehead atoms. The summed E-state index contributed by atoms with van der Waals surface area (Å²) in [5.74, 6) is 0. The number of nitrogens with zero attached hydrogens (tertiary/aromatic N) is 2. The lowest BCUT2D eigenvalue weighted by Crippen LogP contribution is -2.32. The third-order valence-corrected chi connectivity index (χ3v) is 3.37. The lowest BCUT2D eigenvalue weighted by Gasteiger charge is -2.24. The van der Waals surface area contributed by atoms with Crippen LogP contribution in [0.2, 0.25) is 0 Å². The molecule has 5 heteroatoms. The average molecular weight is 266 g/mol. The van der Waals surface area contributed by atoms with E-state index in [0.29, 0.717) is 12.1 Å². The number of likely N-dealkylation sites (N-methyl/N-ethyl adjacent to an activating group) is 1. The van der Waals surface area contributed by atoms with Crippen molar-refractivity contribution < 1.29 is 9.84 Å². The lowest BCUT2D eigenvalue weighted by atomic mass is 10.1. The molecular formula is C13H18N2O2S. The molecule has 0 radical (unpaired) electrons. The molecule has 0 aromatic heterocycles. The molecule has 0 spiro atoms. The number of benzene rings is 1. The third kappa shape index (κ3) is 3.64. The van der Waals surface area contributed by atoms with Gasteiger partial charge in [0.05, 0.1) is 24.0 Å². The highest BCUT2D eigenvalue weighted by atomic mass is 32.2. The van der Waals surface area contributed by atoms with Crippen LogP contribution in [0.3, 0.4) is 0 Å². The number of methoxy groups -OCH3 is 1. The molecule has 0 saturated heterocycles. The van der Waals surface area contributed by atoms with Crippen LogP contribution in [-0.2, 0) is 4.74 Å². The zero-order chi connectivity index (χ0) is 13.5. The molecule has 1 aromatic carbocycles. The Morgan fingerprint density at radius 1 is 1.56 bits per heavy atom. The number of ether oxygens (including phenoxy) is 1. The van der Waals surface area contributed by atoms with Crippen LogP contribution in [0.25, 0.3) is 0 Å². The second kappa shape index (κ2) is 7.27. The van der Waals surface area contributed by atoms with Gasteiger partial charge in [0.2, 0.25) is 0 Å². The number of anilines is 1. The maximum absolute atomic E-state index is 9.72. The van der Waals surface area contributed by atoms with Gasteiger partial charge in [-0.3, -0.25) is 0 Å². The Bertz CT molecular complexity index is 431. The van der Waals surface area contributed by atoms with Crippen molar-refractivity contribution in [3.8, 4) is 6.07 Å². The van der Waals surface area contributed by atoms with Gasteiger partial charge in [0.15, 0.2) is 0 Å². The fourth-order valence-corrected chi connectivity index (χ4v) is 2.35. The molecule has 98 valence electrons. The van der Waals surface area contributed by atoms with Crippen LogP contribution in [0, 0.1) is 11.3 Å². The van der Waals surface area contributed by atoms with Crippen molar-refractivity contribution >= 4 is 17.4 Å². The van der Waals surface area contributed by atoms with Gasteiger partial charge in [-0.25, -0.2) is 0 Å². The predicted molar refractivity (Wildman–Crippen MR) is 74.1 cm³/mol. The Kier molecular flexibility index (Phi) is 5.99. The highest BCUT2D eigenvalue weighted by molar-refractivity contribution is 7.98. The van der Waals surface area contributed by atoms with E-state index in [-0.39, 0.29) is 6.61 Å². The van der Waals surface area contributed by atoms with E-state index in [1.54, 1.807) is 18.9 Å². The van der Waals surface area contributed by atoms with E-state index >= 15 is 0 Å². The van der Waals surface area contributed by atoms with Crippen molar-refractivity contribution in [1.82, 2.24) is 0 Å². The summed E-state index contributed by atoms with van der Waals surface area (Å²) in [7, 11) is 3.41. The number of thioether (sulfide) groups is 1. The smallest absolute Gasteiger partial charge is 0.102 e. The monoisotopic (exact) mass is 266 g/mol. The van der Waals surface area contributed by atoms with E-state index in [9.17, 15) is 10.4 Å². The second-order valence-electron chi connectivity index (χ2n) is 3.96. The standard InChI is InChI=1S/C13H18N2O2S/c1-15(8-10(16)9-17-2)12-5-4-6-13(18-3)11(12)7-14/h4-6,10,16H,8-9H2,1-3H3. The Morgan fingerprint density at radius 2 is 2.28 bits per heavy atom. The first-order valence-corrected chi connectivity index (χ1v) is 6.81. The minimum Gasteiger partial charge on any atom is -0.389 e. The molecule has 0 amide bonds. The molecule has 0 heterocycles. The van der Waals surface area contributed by atoms with Gasteiger partial charge in [0.25, 0.3) is 0 Å². The first kappa shape index (κ1) is 14.8. The first-order valence-electron chi connectivity index (χ1n) is 5.59. The minimum atomic E-state index is -0.565.